The van der Waals surface area contributed by atoms with E-state index in [4.69, 9.17) is 14.6 Å². The second-order valence-electron chi connectivity index (χ2n) is 9.05. The van der Waals surface area contributed by atoms with Crippen LogP contribution in [-0.2, 0) is 27.5 Å². The van der Waals surface area contributed by atoms with E-state index >= 15 is 0 Å². The third kappa shape index (κ3) is 6.47. The van der Waals surface area contributed by atoms with Crippen molar-refractivity contribution in [2.45, 2.75) is 50.4 Å². The van der Waals surface area contributed by atoms with Crippen LogP contribution in [-0.4, -0.2) is 48.5 Å². The van der Waals surface area contributed by atoms with E-state index in [9.17, 15) is 30.8 Å². The highest BCUT2D eigenvalue weighted by Gasteiger charge is 2.38. The molecular formula is C27H27F4N3O6S. The van der Waals surface area contributed by atoms with E-state index in [1.807, 2.05) is 0 Å². The summed E-state index contributed by atoms with van der Waals surface area (Å²) < 4.78 is 96.4. The van der Waals surface area contributed by atoms with Gasteiger partial charge in [0.15, 0.2) is 4.90 Å². The number of alkyl halides is 3. The summed E-state index contributed by atoms with van der Waals surface area (Å²) in [6.45, 7) is 3.70. The van der Waals surface area contributed by atoms with Crippen molar-refractivity contribution < 1.29 is 45.4 Å². The maximum atomic E-state index is 14.3. The molecular weight excluding hydrogens is 570 g/mol. The van der Waals surface area contributed by atoms with Crippen LogP contribution in [0.2, 0.25) is 0 Å². The minimum atomic E-state index is -4.79. The molecule has 1 atom stereocenters. The number of halogens is 4. The Morgan fingerprint density at radius 3 is 2.63 bits per heavy atom. The van der Waals surface area contributed by atoms with Crippen LogP contribution in [0.25, 0.3) is 12.2 Å². The average molecular weight is 598 g/mol. The maximum absolute atomic E-state index is 14.3. The molecule has 14 heteroatoms. The lowest BCUT2D eigenvalue weighted by molar-refractivity contribution is -0.138. The Kier molecular flexibility index (Phi) is 8.61. The minimum absolute atomic E-state index is 0.0164. The Balaban J connectivity index is 1.79. The molecule has 1 aliphatic rings. The van der Waals surface area contributed by atoms with Crippen molar-refractivity contribution in [2.24, 2.45) is 0 Å². The van der Waals surface area contributed by atoms with Crippen molar-refractivity contribution in [1.82, 2.24) is 9.78 Å². The summed E-state index contributed by atoms with van der Waals surface area (Å²) in [7, 11) is -4.34. The molecule has 0 bridgehead atoms. The number of hydrogen-bond donors (Lipinski definition) is 1. The average Bonchev–Trinajstić information content (AvgIpc) is 3.34. The molecule has 4 rings (SSSR count). The van der Waals surface area contributed by atoms with Gasteiger partial charge >= 0.3 is 12.1 Å². The van der Waals surface area contributed by atoms with Crippen LogP contribution in [0.4, 0.5) is 23.2 Å². The number of carboxylic acids is 1. The Morgan fingerprint density at radius 1 is 1.22 bits per heavy atom. The van der Waals surface area contributed by atoms with Crippen molar-refractivity contribution in [3.8, 4) is 11.6 Å². The van der Waals surface area contributed by atoms with Crippen LogP contribution in [0.5, 0.6) is 11.6 Å². The van der Waals surface area contributed by atoms with Gasteiger partial charge in [0, 0.05) is 24.7 Å². The number of benzene rings is 2. The second-order valence-corrected chi connectivity index (χ2v) is 10.9. The van der Waals surface area contributed by atoms with E-state index in [0.29, 0.717) is 6.54 Å². The van der Waals surface area contributed by atoms with Crippen LogP contribution in [0.3, 0.4) is 0 Å². The molecule has 220 valence electrons. The molecule has 0 unspecified atom stereocenters. The van der Waals surface area contributed by atoms with Gasteiger partial charge in [0.05, 0.1) is 24.4 Å². The van der Waals surface area contributed by atoms with E-state index in [0.717, 1.165) is 28.6 Å². The van der Waals surface area contributed by atoms with Gasteiger partial charge in [-0.3, -0.25) is 13.8 Å². The molecule has 2 aromatic carbocycles. The number of carboxylic acid groups (broad SMARTS) is 1. The fraction of sp³-hybridized carbons (Fsp3) is 0.333. The smallest absolute Gasteiger partial charge is 0.417 e. The van der Waals surface area contributed by atoms with Crippen LogP contribution in [0.1, 0.15) is 43.4 Å². The predicted octanol–water partition coefficient (Wildman–Crippen LogP) is 5.45. The maximum Gasteiger partial charge on any atom is 0.417 e. The molecule has 2 heterocycles. The van der Waals surface area contributed by atoms with Gasteiger partial charge in [-0.25, -0.2) is 12.8 Å². The predicted molar refractivity (Wildman–Crippen MR) is 142 cm³/mol. The summed E-state index contributed by atoms with van der Waals surface area (Å²) in [5.41, 5.74) is -1.49. The Bertz CT molecular complexity index is 1570. The Morgan fingerprint density at radius 2 is 1.98 bits per heavy atom. The van der Waals surface area contributed by atoms with Gasteiger partial charge in [0.25, 0.3) is 15.9 Å². The van der Waals surface area contributed by atoms with E-state index in [1.54, 1.807) is 13.8 Å². The third-order valence-electron chi connectivity index (χ3n) is 6.27. The van der Waals surface area contributed by atoms with Gasteiger partial charge in [-0.1, -0.05) is 24.3 Å². The fourth-order valence-electron chi connectivity index (χ4n) is 4.31. The molecule has 0 fully saturated rings. The topological polar surface area (TPSA) is 111 Å². The Hall–Kier alpha value is -4.07. The number of aliphatic carboxylic acids is 1. The van der Waals surface area contributed by atoms with Crippen molar-refractivity contribution in [3.05, 3.63) is 65.1 Å². The minimum Gasteiger partial charge on any atom is -0.486 e. The number of fused-ring (bicyclic) bond motifs is 1. The van der Waals surface area contributed by atoms with E-state index in [2.05, 4.69) is 5.10 Å². The second kappa shape index (κ2) is 11.8. The molecule has 0 saturated carbocycles. The van der Waals surface area contributed by atoms with Crippen molar-refractivity contribution in [2.75, 3.05) is 17.5 Å². The van der Waals surface area contributed by atoms with E-state index in [1.165, 1.54) is 35.2 Å². The summed E-state index contributed by atoms with van der Waals surface area (Å²) >= 11 is 0. The first kappa shape index (κ1) is 29.9. The Labute approximate surface area is 233 Å². The SMILES string of the molecule is CCOc1nn(CC)cc1S(=O)(=O)N1C[C@H](CCC(=O)O)Oc2ccc(/C=C/c3c(F)cccc3C(F)(F)F)cc21. The first-order valence-corrected chi connectivity index (χ1v) is 14.1. The third-order valence-corrected chi connectivity index (χ3v) is 8.03. The number of hydrogen-bond acceptors (Lipinski definition) is 6. The molecule has 0 radical (unpaired) electrons. The highest BCUT2D eigenvalue weighted by atomic mass is 32.2. The lowest BCUT2D eigenvalue weighted by Crippen LogP contribution is -2.43. The lowest BCUT2D eigenvalue weighted by Gasteiger charge is -2.35. The summed E-state index contributed by atoms with van der Waals surface area (Å²) in [4.78, 5) is 10.9. The molecule has 1 aliphatic heterocycles. The molecule has 0 saturated heterocycles. The number of aryl methyl sites for hydroxylation is 1. The molecule has 9 nitrogen and oxygen atoms in total. The number of aromatic nitrogens is 2. The molecule has 1 N–H and O–H groups in total. The molecule has 0 amide bonds. The fourth-order valence-corrected chi connectivity index (χ4v) is 5.88. The number of carbonyl (C=O) groups is 1. The van der Waals surface area contributed by atoms with Crippen molar-refractivity contribution in [3.63, 3.8) is 0 Å². The molecule has 3 aromatic rings. The zero-order valence-electron chi connectivity index (χ0n) is 22.1. The van der Waals surface area contributed by atoms with Crippen LogP contribution < -0.4 is 13.8 Å². The van der Waals surface area contributed by atoms with Gasteiger partial charge in [-0.15, -0.1) is 5.10 Å². The van der Waals surface area contributed by atoms with Crippen LogP contribution >= 0.6 is 0 Å². The lowest BCUT2D eigenvalue weighted by atomic mass is 10.0. The summed E-state index contributed by atoms with van der Waals surface area (Å²) in [5, 5.41) is 13.3. The normalized spacial score (nSPS) is 15.6. The zero-order chi connectivity index (χ0) is 29.9. The van der Waals surface area contributed by atoms with Crippen molar-refractivity contribution in [1.29, 1.82) is 0 Å². The van der Waals surface area contributed by atoms with Gasteiger partial charge in [-0.2, -0.15) is 13.2 Å². The van der Waals surface area contributed by atoms with Gasteiger partial charge < -0.3 is 14.6 Å². The largest absolute Gasteiger partial charge is 0.486 e. The molecule has 41 heavy (non-hydrogen) atoms. The highest BCUT2D eigenvalue weighted by molar-refractivity contribution is 7.93. The van der Waals surface area contributed by atoms with E-state index < -0.39 is 45.2 Å². The van der Waals surface area contributed by atoms with Crippen LogP contribution in [0.15, 0.2) is 47.5 Å². The summed E-state index contributed by atoms with van der Waals surface area (Å²) in [6, 6.07) is 6.92. The monoisotopic (exact) mass is 597 g/mol. The standard InChI is InChI=1S/C27H27F4N3O6S/c1-3-33-16-24(26(32-33)39-4-2)41(37,38)34-15-18(10-13-25(35)36)40-23-12-9-17(14-22(23)34)8-11-19-20(27(29,30)31)6-5-7-21(19)28/h5-9,11-12,14,16,18H,3-4,10,13,15H2,1-2H3,(H,35,36)/b11-8+/t18-/m0/s1. The van der Waals surface area contributed by atoms with E-state index in [-0.39, 0.29) is 53.8 Å². The van der Waals surface area contributed by atoms with Gasteiger partial charge in [-0.05, 0) is 50.1 Å². The highest BCUT2D eigenvalue weighted by Crippen LogP contribution is 2.41. The molecule has 0 aliphatic carbocycles. The van der Waals surface area contributed by atoms with Gasteiger partial charge in [0.1, 0.15) is 17.7 Å². The quantitative estimate of drug-likeness (QED) is 0.244. The number of anilines is 1. The van der Waals surface area contributed by atoms with Gasteiger partial charge in [0.2, 0.25) is 0 Å². The number of nitrogens with zero attached hydrogens (tertiary/aromatic N) is 3. The summed E-state index contributed by atoms with van der Waals surface area (Å²) in [5.74, 6) is -2.14. The molecule has 1 aromatic heterocycles. The number of rotatable bonds is 10. The number of ether oxygens (including phenoxy) is 2. The first-order chi connectivity index (χ1) is 19.3. The van der Waals surface area contributed by atoms with Crippen molar-refractivity contribution >= 4 is 33.8 Å². The van der Waals surface area contributed by atoms with Crippen LogP contribution in [0, 0.1) is 5.82 Å². The summed E-state index contributed by atoms with van der Waals surface area (Å²) in [6.07, 6.45) is -2.32. The zero-order valence-corrected chi connectivity index (χ0v) is 22.9. The molecule has 0 spiro atoms. The number of sulfonamides is 1. The first-order valence-electron chi connectivity index (χ1n) is 12.6.